The van der Waals surface area contributed by atoms with E-state index < -0.39 is 0 Å². The molecule has 5 nitrogen and oxygen atoms in total. The van der Waals surface area contributed by atoms with E-state index in [4.69, 9.17) is 4.42 Å². The van der Waals surface area contributed by atoms with E-state index in [0.29, 0.717) is 36.5 Å². The highest BCUT2D eigenvalue weighted by molar-refractivity contribution is 5.20. The molecule has 0 amide bonds. The standard InChI is InChI=1S/C14H26N4O/c1-9(2)15-8-13-17-18-14(19-13)16-12-7-5-6-10(3)11(12)4/h9-12,15H,5-8H2,1-4H3,(H,16,18). The summed E-state index contributed by atoms with van der Waals surface area (Å²) in [7, 11) is 0. The largest absolute Gasteiger partial charge is 0.407 e. The SMILES string of the molecule is CC(C)NCc1nnc(NC2CCCC(C)C2C)o1. The lowest BCUT2D eigenvalue weighted by Crippen LogP contribution is -2.35. The first kappa shape index (κ1) is 14.3. The second-order valence-corrected chi connectivity index (χ2v) is 6.05. The second kappa shape index (κ2) is 6.37. The van der Waals surface area contributed by atoms with Gasteiger partial charge in [-0.15, -0.1) is 5.10 Å². The van der Waals surface area contributed by atoms with Crippen molar-refractivity contribution in [2.75, 3.05) is 5.32 Å². The summed E-state index contributed by atoms with van der Waals surface area (Å²) in [5.74, 6) is 2.06. The molecule has 0 radical (unpaired) electrons. The molecule has 0 saturated heterocycles. The number of aromatic nitrogens is 2. The zero-order valence-electron chi connectivity index (χ0n) is 12.4. The first-order chi connectivity index (χ1) is 9.06. The summed E-state index contributed by atoms with van der Waals surface area (Å²) >= 11 is 0. The predicted molar refractivity (Wildman–Crippen MR) is 75.9 cm³/mol. The number of hydrogen-bond acceptors (Lipinski definition) is 5. The van der Waals surface area contributed by atoms with Crippen molar-refractivity contribution in [2.45, 2.75) is 65.6 Å². The summed E-state index contributed by atoms with van der Waals surface area (Å²) < 4.78 is 5.62. The highest BCUT2D eigenvalue weighted by atomic mass is 16.4. The minimum Gasteiger partial charge on any atom is -0.407 e. The lowest BCUT2D eigenvalue weighted by Gasteiger charge is -2.33. The van der Waals surface area contributed by atoms with Crippen LogP contribution in [0.25, 0.3) is 0 Å². The highest BCUT2D eigenvalue weighted by Crippen LogP contribution is 2.31. The molecule has 0 bridgehead atoms. The van der Waals surface area contributed by atoms with E-state index >= 15 is 0 Å². The van der Waals surface area contributed by atoms with Crippen LogP contribution in [0, 0.1) is 11.8 Å². The highest BCUT2D eigenvalue weighted by Gasteiger charge is 2.28. The zero-order valence-corrected chi connectivity index (χ0v) is 12.4. The van der Waals surface area contributed by atoms with Crippen LogP contribution in [0.15, 0.2) is 4.42 Å². The van der Waals surface area contributed by atoms with Crippen LogP contribution in [0.4, 0.5) is 6.01 Å². The van der Waals surface area contributed by atoms with Crippen LogP contribution in [0.3, 0.4) is 0 Å². The van der Waals surface area contributed by atoms with Gasteiger partial charge in [0.25, 0.3) is 0 Å². The molecule has 108 valence electrons. The van der Waals surface area contributed by atoms with Gasteiger partial charge < -0.3 is 15.1 Å². The Balaban J connectivity index is 1.88. The summed E-state index contributed by atoms with van der Waals surface area (Å²) in [4.78, 5) is 0. The summed E-state index contributed by atoms with van der Waals surface area (Å²) in [5, 5.41) is 14.8. The molecule has 1 aromatic heterocycles. The molecule has 3 atom stereocenters. The number of rotatable bonds is 5. The van der Waals surface area contributed by atoms with Gasteiger partial charge in [0.1, 0.15) is 0 Å². The van der Waals surface area contributed by atoms with Gasteiger partial charge in [-0.2, -0.15) is 0 Å². The minimum atomic E-state index is 0.419. The van der Waals surface area contributed by atoms with E-state index in [1.165, 1.54) is 19.3 Å². The minimum absolute atomic E-state index is 0.419. The first-order valence-corrected chi connectivity index (χ1v) is 7.38. The average molecular weight is 266 g/mol. The lowest BCUT2D eigenvalue weighted by molar-refractivity contribution is 0.250. The van der Waals surface area contributed by atoms with E-state index in [0.717, 1.165) is 5.92 Å². The number of anilines is 1. The molecule has 2 rings (SSSR count). The Kier molecular flexibility index (Phi) is 4.80. The van der Waals surface area contributed by atoms with Crippen LogP contribution in [-0.4, -0.2) is 22.3 Å². The third kappa shape index (κ3) is 3.93. The van der Waals surface area contributed by atoms with Crippen molar-refractivity contribution >= 4 is 6.01 Å². The van der Waals surface area contributed by atoms with Gasteiger partial charge in [0.2, 0.25) is 5.89 Å². The molecule has 0 aromatic carbocycles. The molecule has 19 heavy (non-hydrogen) atoms. The average Bonchev–Trinajstić information content (AvgIpc) is 2.80. The monoisotopic (exact) mass is 266 g/mol. The molecule has 5 heteroatoms. The Morgan fingerprint density at radius 1 is 1.26 bits per heavy atom. The second-order valence-electron chi connectivity index (χ2n) is 6.05. The number of nitrogens with zero attached hydrogens (tertiary/aromatic N) is 2. The molecular weight excluding hydrogens is 240 g/mol. The fourth-order valence-corrected chi connectivity index (χ4v) is 2.62. The van der Waals surface area contributed by atoms with Crippen molar-refractivity contribution < 1.29 is 4.42 Å². The molecule has 2 N–H and O–H groups in total. The molecule has 0 spiro atoms. The summed E-state index contributed by atoms with van der Waals surface area (Å²) in [5.41, 5.74) is 0. The molecule has 1 heterocycles. The third-order valence-electron chi connectivity index (χ3n) is 4.14. The fraction of sp³-hybridized carbons (Fsp3) is 0.857. The predicted octanol–water partition coefficient (Wildman–Crippen LogP) is 2.80. The van der Waals surface area contributed by atoms with Crippen molar-refractivity contribution in [2.24, 2.45) is 11.8 Å². The quantitative estimate of drug-likeness (QED) is 0.858. The van der Waals surface area contributed by atoms with Gasteiger partial charge in [-0.05, 0) is 18.3 Å². The van der Waals surface area contributed by atoms with Crippen LogP contribution in [0.5, 0.6) is 0 Å². The van der Waals surface area contributed by atoms with Gasteiger partial charge in [0.15, 0.2) is 0 Å². The summed E-state index contributed by atoms with van der Waals surface area (Å²) in [6.07, 6.45) is 3.79. The first-order valence-electron chi connectivity index (χ1n) is 7.38. The van der Waals surface area contributed by atoms with E-state index in [2.05, 4.69) is 48.5 Å². The Hall–Kier alpha value is -1.10. The number of hydrogen-bond donors (Lipinski definition) is 2. The Bertz CT molecular complexity index is 391. The lowest BCUT2D eigenvalue weighted by atomic mass is 9.78. The fourth-order valence-electron chi connectivity index (χ4n) is 2.62. The maximum Gasteiger partial charge on any atom is 0.315 e. The van der Waals surface area contributed by atoms with Crippen molar-refractivity contribution in [3.8, 4) is 0 Å². The summed E-state index contributed by atoms with van der Waals surface area (Å²) in [6.45, 7) is 9.45. The third-order valence-corrected chi connectivity index (χ3v) is 4.14. The van der Waals surface area contributed by atoms with Crippen LogP contribution in [0.2, 0.25) is 0 Å². The maximum absolute atomic E-state index is 5.62. The van der Waals surface area contributed by atoms with E-state index in [-0.39, 0.29) is 0 Å². The molecule has 1 aliphatic carbocycles. The molecular formula is C14H26N4O. The Morgan fingerprint density at radius 2 is 2.05 bits per heavy atom. The van der Waals surface area contributed by atoms with Crippen molar-refractivity contribution in [3.63, 3.8) is 0 Å². The summed E-state index contributed by atoms with van der Waals surface area (Å²) in [6, 6.07) is 1.43. The molecule has 3 unspecified atom stereocenters. The smallest absolute Gasteiger partial charge is 0.315 e. The van der Waals surface area contributed by atoms with E-state index in [9.17, 15) is 0 Å². The normalized spacial score (nSPS) is 27.7. The zero-order chi connectivity index (χ0) is 13.8. The maximum atomic E-state index is 5.62. The Morgan fingerprint density at radius 3 is 2.79 bits per heavy atom. The molecule has 0 aliphatic heterocycles. The van der Waals surface area contributed by atoms with Crippen molar-refractivity contribution in [1.29, 1.82) is 0 Å². The molecule has 1 aromatic rings. The van der Waals surface area contributed by atoms with Crippen LogP contribution in [0.1, 0.15) is 52.8 Å². The van der Waals surface area contributed by atoms with Gasteiger partial charge in [-0.3, -0.25) is 0 Å². The molecule has 1 aliphatic rings. The van der Waals surface area contributed by atoms with Crippen molar-refractivity contribution in [1.82, 2.24) is 15.5 Å². The topological polar surface area (TPSA) is 63.0 Å². The van der Waals surface area contributed by atoms with Crippen LogP contribution >= 0.6 is 0 Å². The number of nitrogens with one attached hydrogen (secondary N) is 2. The van der Waals surface area contributed by atoms with Gasteiger partial charge in [0.05, 0.1) is 6.54 Å². The van der Waals surface area contributed by atoms with Crippen molar-refractivity contribution in [3.05, 3.63) is 5.89 Å². The van der Waals surface area contributed by atoms with E-state index in [1.807, 2.05) is 0 Å². The van der Waals surface area contributed by atoms with Gasteiger partial charge in [-0.1, -0.05) is 45.6 Å². The van der Waals surface area contributed by atoms with E-state index in [1.54, 1.807) is 0 Å². The molecule has 1 fully saturated rings. The molecule has 1 saturated carbocycles. The Labute approximate surface area is 115 Å². The van der Waals surface area contributed by atoms with Crippen LogP contribution in [-0.2, 0) is 6.54 Å². The van der Waals surface area contributed by atoms with Gasteiger partial charge >= 0.3 is 6.01 Å². The van der Waals surface area contributed by atoms with Crippen LogP contribution < -0.4 is 10.6 Å². The van der Waals surface area contributed by atoms with Gasteiger partial charge in [0, 0.05) is 12.1 Å². The van der Waals surface area contributed by atoms with Gasteiger partial charge in [-0.25, -0.2) is 0 Å².